The normalized spacial score (nSPS) is 11.7. The minimum Gasteiger partial charge on any atom is -0.466 e. The van der Waals surface area contributed by atoms with Crippen molar-refractivity contribution in [1.82, 2.24) is 20.1 Å². The smallest absolute Gasteiger partial charge is 0.439 e. The Kier molecular flexibility index (Phi) is 9.41. The second-order valence-corrected chi connectivity index (χ2v) is 10.3. The van der Waals surface area contributed by atoms with E-state index >= 15 is 0 Å². The average molecular weight is 579 g/mol. The number of ether oxygens (including phenoxy) is 2. The number of rotatable bonds is 12. The van der Waals surface area contributed by atoms with Gasteiger partial charge in [-0.25, -0.2) is 14.6 Å². The molecule has 5 aromatic rings. The number of hydrogen-bond donors (Lipinski definition) is 1. The molecule has 0 aliphatic carbocycles. The molecular formula is C34H34N4O5. The summed E-state index contributed by atoms with van der Waals surface area (Å²) in [5.41, 5.74) is 6.39. The third-order valence-electron chi connectivity index (χ3n) is 7.18. The molecule has 2 aromatic heterocycles. The molecule has 3 aromatic carbocycles. The second kappa shape index (κ2) is 13.7. The lowest BCUT2D eigenvalue weighted by Crippen LogP contribution is -2.32. The van der Waals surface area contributed by atoms with E-state index in [0.29, 0.717) is 30.4 Å². The van der Waals surface area contributed by atoms with Gasteiger partial charge in [0.15, 0.2) is 5.82 Å². The molecule has 0 amide bonds. The molecular weight excluding hydrogens is 544 g/mol. The van der Waals surface area contributed by atoms with E-state index in [1.807, 2.05) is 85.8 Å². The lowest BCUT2D eigenvalue weighted by molar-refractivity contribution is -0.148. The number of aromatic nitrogens is 4. The molecule has 9 heteroatoms. The van der Waals surface area contributed by atoms with Crippen molar-refractivity contribution < 1.29 is 18.8 Å². The van der Waals surface area contributed by atoms with Crippen LogP contribution in [0.3, 0.4) is 0 Å². The lowest BCUT2D eigenvalue weighted by atomic mass is 9.96. The highest BCUT2D eigenvalue weighted by atomic mass is 16.6. The number of nitrogens with one attached hydrogen (secondary N) is 1. The molecule has 220 valence electrons. The van der Waals surface area contributed by atoms with Crippen LogP contribution in [0.5, 0.6) is 5.88 Å². The first-order valence-corrected chi connectivity index (χ1v) is 14.3. The van der Waals surface area contributed by atoms with Gasteiger partial charge in [-0.2, -0.15) is 4.98 Å². The van der Waals surface area contributed by atoms with Crippen molar-refractivity contribution in [1.29, 1.82) is 0 Å². The topological polar surface area (TPSA) is 120 Å². The van der Waals surface area contributed by atoms with Gasteiger partial charge in [-0.15, -0.1) is 0 Å². The summed E-state index contributed by atoms with van der Waals surface area (Å²) in [6.45, 7) is 3.98. The summed E-state index contributed by atoms with van der Waals surface area (Å²) in [7, 11) is 1.36. The van der Waals surface area contributed by atoms with E-state index in [1.165, 1.54) is 7.11 Å². The lowest BCUT2D eigenvalue weighted by Gasteiger charge is -2.20. The highest BCUT2D eigenvalue weighted by Gasteiger charge is 2.26. The molecule has 9 nitrogen and oxygen atoms in total. The third-order valence-corrected chi connectivity index (χ3v) is 7.18. The molecule has 2 heterocycles. The molecule has 0 spiro atoms. The zero-order valence-electron chi connectivity index (χ0n) is 24.5. The summed E-state index contributed by atoms with van der Waals surface area (Å²) < 4.78 is 16.2. The predicted octanol–water partition coefficient (Wildman–Crippen LogP) is 5.89. The standard InChI is InChI=1S/C34H34N4O5/c1-4-5-15-29-28(32(36-22(2)35-29)42-30(33(39)41-3)21-23-11-7-6-8-12-23)20-24-16-18-25(19-17-24)26-13-9-10-14-27(26)31-37-34(40)43-38-31/h6-14,16-19,30H,4-5,15,20-21H2,1-3H3,(H,37,38,40). The SMILES string of the molecule is CCCCc1nc(C)nc(OC(Cc2ccccc2)C(=O)OC)c1Cc1ccc(-c2ccccc2-c2noc(=O)[nH]2)cc1. The number of nitrogens with zero attached hydrogens (tertiary/aromatic N) is 3. The Hall–Kier alpha value is -5.05. The van der Waals surface area contributed by atoms with Gasteiger partial charge in [-0.05, 0) is 42.0 Å². The van der Waals surface area contributed by atoms with E-state index in [2.05, 4.69) is 22.0 Å². The zero-order valence-corrected chi connectivity index (χ0v) is 24.5. The molecule has 5 rings (SSSR count). The monoisotopic (exact) mass is 578 g/mol. The molecule has 1 atom stereocenters. The van der Waals surface area contributed by atoms with E-state index < -0.39 is 17.8 Å². The number of esters is 1. The van der Waals surface area contributed by atoms with Gasteiger partial charge in [-0.1, -0.05) is 97.4 Å². The van der Waals surface area contributed by atoms with Crippen LogP contribution in [0.25, 0.3) is 22.5 Å². The number of aromatic amines is 1. The average Bonchev–Trinajstić information content (AvgIpc) is 3.47. The van der Waals surface area contributed by atoms with E-state index in [4.69, 9.17) is 19.0 Å². The van der Waals surface area contributed by atoms with Crippen molar-refractivity contribution in [2.75, 3.05) is 7.11 Å². The van der Waals surface area contributed by atoms with Crippen LogP contribution in [0, 0.1) is 6.92 Å². The van der Waals surface area contributed by atoms with Gasteiger partial charge < -0.3 is 9.47 Å². The molecule has 0 fully saturated rings. The second-order valence-electron chi connectivity index (χ2n) is 10.3. The Bertz CT molecular complexity index is 1730. The molecule has 0 saturated carbocycles. The molecule has 1 unspecified atom stereocenters. The number of H-pyrrole nitrogens is 1. The van der Waals surface area contributed by atoms with Gasteiger partial charge >= 0.3 is 11.7 Å². The maximum absolute atomic E-state index is 12.8. The van der Waals surface area contributed by atoms with Crippen molar-refractivity contribution in [2.24, 2.45) is 0 Å². The Labute approximate surface area is 249 Å². The van der Waals surface area contributed by atoms with E-state index in [1.54, 1.807) is 0 Å². The zero-order chi connectivity index (χ0) is 30.2. The molecule has 0 saturated heterocycles. The number of aryl methyl sites for hydroxylation is 2. The first-order chi connectivity index (χ1) is 20.9. The summed E-state index contributed by atoms with van der Waals surface area (Å²) in [6, 6.07) is 25.5. The number of benzene rings is 3. The fourth-order valence-corrected chi connectivity index (χ4v) is 5.01. The van der Waals surface area contributed by atoms with Gasteiger partial charge in [-0.3, -0.25) is 9.51 Å². The molecule has 0 radical (unpaired) electrons. The van der Waals surface area contributed by atoms with Crippen molar-refractivity contribution in [3.63, 3.8) is 0 Å². The first-order valence-electron chi connectivity index (χ1n) is 14.3. The van der Waals surface area contributed by atoms with E-state index in [0.717, 1.165) is 58.3 Å². The maximum Gasteiger partial charge on any atom is 0.439 e. The summed E-state index contributed by atoms with van der Waals surface area (Å²) in [4.78, 5) is 36.4. The molecule has 43 heavy (non-hydrogen) atoms. The first kappa shape index (κ1) is 29.4. The van der Waals surface area contributed by atoms with E-state index in [-0.39, 0.29) is 0 Å². The molecule has 1 N–H and O–H groups in total. The quantitative estimate of drug-likeness (QED) is 0.182. The summed E-state index contributed by atoms with van der Waals surface area (Å²) >= 11 is 0. The van der Waals surface area contributed by atoms with Crippen molar-refractivity contribution in [3.8, 4) is 28.4 Å². The predicted molar refractivity (Wildman–Crippen MR) is 163 cm³/mol. The number of carbonyl (C=O) groups excluding carboxylic acids is 1. The molecule has 0 aliphatic heterocycles. The number of methoxy groups -OCH3 is 1. The van der Waals surface area contributed by atoms with Crippen molar-refractivity contribution in [3.05, 3.63) is 118 Å². The fraction of sp³-hybridized carbons (Fsp3) is 0.265. The van der Waals surface area contributed by atoms with Crippen LogP contribution in [0.15, 0.2) is 88.2 Å². The van der Waals surface area contributed by atoms with Crippen LogP contribution in [0.1, 0.15) is 48.0 Å². The van der Waals surface area contributed by atoms with Crippen molar-refractivity contribution >= 4 is 5.97 Å². The Morgan fingerprint density at radius 1 is 0.930 bits per heavy atom. The molecule has 0 bridgehead atoms. The Balaban J connectivity index is 1.47. The van der Waals surface area contributed by atoms with Crippen LogP contribution in [0.2, 0.25) is 0 Å². The summed E-state index contributed by atoms with van der Waals surface area (Å²) in [5, 5.41) is 3.86. The van der Waals surface area contributed by atoms with Gasteiger partial charge in [0.2, 0.25) is 12.0 Å². The Morgan fingerprint density at radius 2 is 1.65 bits per heavy atom. The van der Waals surface area contributed by atoms with Crippen LogP contribution < -0.4 is 10.5 Å². The van der Waals surface area contributed by atoms with Crippen LogP contribution in [0.4, 0.5) is 0 Å². The van der Waals surface area contributed by atoms with Gasteiger partial charge in [0.05, 0.1) is 12.8 Å². The maximum atomic E-state index is 12.8. The number of unbranched alkanes of at least 4 members (excludes halogenated alkanes) is 1. The fourth-order valence-electron chi connectivity index (χ4n) is 5.01. The Morgan fingerprint density at radius 3 is 2.33 bits per heavy atom. The number of hydrogen-bond acceptors (Lipinski definition) is 8. The minimum absolute atomic E-state index is 0.352. The highest BCUT2D eigenvalue weighted by molar-refractivity contribution is 5.80. The largest absolute Gasteiger partial charge is 0.466 e. The minimum atomic E-state index is -0.860. The summed E-state index contributed by atoms with van der Waals surface area (Å²) in [6.07, 6.45) is 2.77. The summed E-state index contributed by atoms with van der Waals surface area (Å²) in [5.74, 6) is 0.299. The van der Waals surface area contributed by atoms with Gasteiger partial charge in [0.25, 0.3) is 0 Å². The number of carbonyl (C=O) groups is 1. The highest BCUT2D eigenvalue weighted by Crippen LogP contribution is 2.31. The van der Waals surface area contributed by atoms with E-state index in [9.17, 15) is 9.59 Å². The van der Waals surface area contributed by atoms with Crippen LogP contribution >= 0.6 is 0 Å². The van der Waals surface area contributed by atoms with Crippen LogP contribution in [-0.2, 0) is 28.8 Å². The van der Waals surface area contributed by atoms with Crippen LogP contribution in [-0.4, -0.2) is 39.3 Å². The molecule has 0 aliphatic rings. The van der Waals surface area contributed by atoms with Gasteiger partial charge in [0.1, 0.15) is 5.82 Å². The third kappa shape index (κ3) is 7.24. The van der Waals surface area contributed by atoms with Crippen molar-refractivity contribution in [2.45, 2.75) is 52.1 Å². The van der Waals surface area contributed by atoms with Gasteiger partial charge in [0, 0.05) is 24.0 Å².